The monoisotopic (exact) mass is 337 g/mol. The van der Waals surface area contributed by atoms with Crippen molar-refractivity contribution >= 4 is 28.0 Å². The first-order chi connectivity index (χ1) is 12.0. The van der Waals surface area contributed by atoms with Gasteiger partial charge in [-0.1, -0.05) is 13.3 Å². The zero-order chi connectivity index (χ0) is 17.7. The Morgan fingerprint density at radius 1 is 1.12 bits per heavy atom. The smallest absolute Gasteiger partial charge is 0.344 e. The summed E-state index contributed by atoms with van der Waals surface area (Å²) >= 11 is 0. The molecular weight excluding hydrogens is 320 g/mol. The second-order valence-corrected chi connectivity index (χ2v) is 6.39. The van der Waals surface area contributed by atoms with E-state index in [9.17, 15) is 9.59 Å². The summed E-state index contributed by atoms with van der Waals surface area (Å²) in [6.07, 6.45) is 3.44. The Kier molecular flexibility index (Phi) is 3.53. The Hall–Kier alpha value is -2.82. The molecule has 1 aromatic carbocycles. The van der Waals surface area contributed by atoms with E-state index in [2.05, 4.69) is 6.07 Å². The highest BCUT2D eigenvalue weighted by atomic mass is 16.5. The number of rotatable bonds is 2. The van der Waals surface area contributed by atoms with E-state index in [-0.39, 0.29) is 16.4 Å². The summed E-state index contributed by atoms with van der Waals surface area (Å²) in [5, 5.41) is 0.918. The van der Waals surface area contributed by atoms with Crippen LogP contribution in [0.4, 0.5) is 0 Å². The van der Waals surface area contributed by atoms with Gasteiger partial charge in [0.15, 0.2) is 16.6 Å². The molecule has 1 radical (unpaired) electrons. The molecule has 1 aliphatic rings. The van der Waals surface area contributed by atoms with E-state index in [1.54, 1.807) is 6.92 Å². The lowest BCUT2D eigenvalue weighted by molar-refractivity contribution is 0.350. The van der Waals surface area contributed by atoms with E-state index >= 15 is 0 Å². The molecule has 0 spiro atoms. The average Bonchev–Trinajstić information content (AvgIpc) is 2.54. The summed E-state index contributed by atoms with van der Waals surface area (Å²) < 4.78 is 17.2. The molecule has 1 aliphatic heterocycles. The van der Waals surface area contributed by atoms with Gasteiger partial charge >= 0.3 is 5.63 Å². The lowest BCUT2D eigenvalue weighted by atomic mass is 9.96. The van der Waals surface area contributed by atoms with Gasteiger partial charge in [-0.05, 0) is 37.5 Å². The maximum absolute atomic E-state index is 12.7. The number of hydrogen-bond donors (Lipinski definition) is 0. The van der Waals surface area contributed by atoms with E-state index < -0.39 is 5.63 Å². The van der Waals surface area contributed by atoms with Gasteiger partial charge in [0.05, 0.1) is 17.0 Å². The molecule has 2 aromatic heterocycles. The molecule has 3 aromatic rings. The fourth-order valence-electron chi connectivity index (χ4n) is 3.35. The van der Waals surface area contributed by atoms with Gasteiger partial charge in [-0.2, -0.15) is 0 Å². The van der Waals surface area contributed by atoms with Gasteiger partial charge in [0, 0.05) is 6.07 Å². The van der Waals surface area contributed by atoms with Crippen LogP contribution in [0.25, 0.3) is 28.0 Å². The first kappa shape index (κ1) is 15.7. The summed E-state index contributed by atoms with van der Waals surface area (Å²) in [6.45, 7) is 6.13. The Morgan fingerprint density at radius 2 is 1.92 bits per heavy atom. The molecule has 0 atom stereocenters. The molecule has 0 N–H and O–H groups in total. The van der Waals surface area contributed by atoms with Crippen LogP contribution >= 0.6 is 0 Å². The molecular formula is C20H17O5. The molecule has 127 valence electrons. The van der Waals surface area contributed by atoms with Crippen molar-refractivity contribution in [2.45, 2.75) is 33.6 Å². The molecule has 0 amide bonds. The summed E-state index contributed by atoms with van der Waals surface area (Å²) in [5.41, 5.74) is 2.23. The molecule has 5 heteroatoms. The normalized spacial score (nSPS) is 13.6. The zero-order valence-corrected chi connectivity index (χ0v) is 14.3. The fraction of sp³-hybridized carbons (Fsp3) is 0.300. The third kappa shape index (κ3) is 2.38. The standard InChI is InChI=1S/C20H17O5/c1-4-5-12-8-15(22)25-20-16(12)18-13(6-10(2)9-23-18)19-17(20)14(21)7-11(3)24-19/h6-7H,4-5,9H2,1-3H3. The van der Waals surface area contributed by atoms with Gasteiger partial charge in [0.25, 0.3) is 0 Å². The molecule has 4 rings (SSSR count). The van der Waals surface area contributed by atoms with Crippen LogP contribution in [-0.4, -0.2) is 6.61 Å². The minimum Gasteiger partial charge on any atom is -0.488 e. The van der Waals surface area contributed by atoms with Crippen molar-refractivity contribution in [3.8, 4) is 5.75 Å². The maximum atomic E-state index is 12.7. The first-order valence-corrected chi connectivity index (χ1v) is 8.29. The highest BCUT2D eigenvalue weighted by Gasteiger charge is 2.25. The predicted molar refractivity (Wildman–Crippen MR) is 95.2 cm³/mol. The molecule has 0 saturated carbocycles. The van der Waals surface area contributed by atoms with Crippen LogP contribution in [-0.2, 0) is 6.42 Å². The van der Waals surface area contributed by atoms with Crippen molar-refractivity contribution in [1.82, 2.24) is 0 Å². The van der Waals surface area contributed by atoms with Crippen molar-refractivity contribution in [2.75, 3.05) is 6.61 Å². The van der Waals surface area contributed by atoms with Crippen molar-refractivity contribution in [1.29, 1.82) is 0 Å². The molecule has 0 unspecified atom stereocenters. The topological polar surface area (TPSA) is 69.7 Å². The minimum atomic E-state index is -0.597. The number of benzene rings is 1. The first-order valence-electron chi connectivity index (χ1n) is 8.29. The molecule has 25 heavy (non-hydrogen) atoms. The van der Waals surface area contributed by atoms with Gasteiger partial charge in [-0.25, -0.2) is 4.79 Å². The van der Waals surface area contributed by atoms with Crippen molar-refractivity contribution in [3.63, 3.8) is 0 Å². The van der Waals surface area contributed by atoms with Crippen molar-refractivity contribution in [3.05, 3.63) is 55.2 Å². The third-order valence-electron chi connectivity index (χ3n) is 4.33. The van der Waals surface area contributed by atoms with Crippen LogP contribution < -0.4 is 15.8 Å². The second-order valence-electron chi connectivity index (χ2n) is 6.39. The van der Waals surface area contributed by atoms with E-state index in [1.807, 2.05) is 19.9 Å². The van der Waals surface area contributed by atoms with E-state index in [0.717, 1.165) is 12.0 Å². The number of fused-ring (bicyclic) bond motifs is 6. The Balaban J connectivity index is 2.34. The van der Waals surface area contributed by atoms with Crippen LogP contribution in [0, 0.1) is 13.0 Å². The quantitative estimate of drug-likeness (QED) is 0.526. The molecule has 3 heterocycles. The van der Waals surface area contributed by atoms with Crippen LogP contribution in [0.1, 0.15) is 37.2 Å². The van der Waals surface area contributed by atoms with Gasteiger partial charge in [-0.3, -0.25) is 4.79 Å². The summed E-state index contributed by atoms with van der Waals surface area (Å²) in [4.78, 5) is 24.7. The number of hydrogen-bond acceptors (Lipinski definition) is 5. The molecule has 5 nitrogen and oxygen atoms in total. The van der Waals surface area contributed by atoms with Gasteiger partial charge < -0.3 is 13.6 Å². The minimum absolute atomic E-state index is 0.225. The predicted octanol–water partition coefficient (Wildman–Crippen LogP) is 3.76. The molecule has 0 saturated heterocycles. The molecule has 0 aliphatic carbocycles. The lowest BCUT2D eigenvalue weighted by Gasteiger charge is -2.20. The van der Waals surface area contributed by atoms with E-state index in [1.165, 1.54) is 6.07 Å². The largest absolute Gasteiger partial charge is 0.488 e. The zero-order valence-electron chi connectivity index (χ0n) is 14.3. The van der Waals surface area contributed by atoms with Gasteiger partial charge in [0.2, 0.25) is 0 Å². The Morgan fingerprint density at radius 3 is 2.68 bits per heavy atom. The second kappa shape index (κ2) is 5.62. The van der Waals surface area contributed by atoms with Gasteiger partial charge in [-0.15, -0.1) is 0 Å². The fourth-order valence-corrected chi connectivity index (χ4v) is 3.35. The average molecular weight is 337 g/mol. The van der Waals surface area contributed by atoms with E-state index in [0.29, 0.717) is 46.6 Å². The van der Waals surface area contributed by atoms with E-state index in [4.69, 9.17) is 13.6 Å². The lowest BCUT2D eigenvalue weighted by Crippen LogP contribution is -2.12. The number of ether oxygens (including phenoxy) is 1. The summed E-state index contributed by atoms with van der Waals surface area (Å²) in [6, 6.07) is 4.16. The van der Waals surface area contributed by atoms with Crippen LogP contribution in [0.3, 0.4) is 0 Å². The maximum Gasteiger partial charge on any atom is 0.344 e. The van der Waals surface area contributed by atoms with Gasteiger partial charge in [0.1, 0.15) is 23.5 Å². The SMILES string of the molecule is CCCc1[c]c(=O)oc2c1c1c(c3oc(C)cc(=O)c32)C=C(C)CO1. The third-order valence-corrected chi connectivity index (χ3v) is 4.33. The van der Waals surface area contributed by atoms with Crippen molar-refractivity contribution < 1.29 is 13.6 Å². The summed E-state index contributed by atoms with van der Waals surface area (Å²) in [7, 11) is 0. The molecule has 0 fully saturated rings. The highest BCUT2D eigenvalue weighted by molar-refractivity contribution is 6.10. The van der Waals surface area contributed by atoms with Crippen LogP contribution in [0.5, 0.6) is 5.75 Å². The van der Waals surface area contributed by atoms with Crippen LogP contribution in [0.15, 0.2) is 30.1 Å². The highest BCUT2D eigenvalue weighted by Crippen LogP contribution is 2.41. The summed E-state index contributed by atoms with van der Waals surface area (Å²) in [5.74, 6) is 1.08. The van der Waals surface area contributed by atoms with Crippen molar-refractivity contribution in [2.24, 2.45) is 0 Å². The van der Waals surface area contributed by atoms with Crippen LogP contribution in [0.2, 0.25) is 0 Å². The Labute approximate surface area is 143 Å². The Bertz CT molecular complexity index is 1160. The number of aryl methyl sites for hydroxylation is 2. The molecule has 0 bridgehead atoms.